The molecule has 0 radical (unpaired) electrons. The summed E-state index contributed by atoms with van der Waals surface area (Å²) in [6, 6.07) is 5.03. The van der Waals surface area contributed by atoms with E-state index in [1.165, 1.54) is 18.2 Å². The molecule has 1 rings (SSSR count). The lowest BCUT2D eigenvalue weighted by atomic mass is 10.2. The molecule has 5 nitrogen and oxygen atoms in total. The number of carboxylic acid groups (broad SMARTS) is 1. The van der Waals surface area contributed by atoms with Gasteiger partial charge in [0, 0.05) is 0 Å². The maximum Gasteiger partial charge on any atom is 0.335 e. The van der Waals surface area contributed by atoms with Crippen molar-refractivity contribution in [2.45, 2.75) is 4.90 Å². The average Bonchev–Trinajstić information content (AvgIpc) is 2.26. The molecule has 2 N–H and O–H groups in total. The quantitative estimate of drug-likeness (QED) is 0.740. The van der Waals surface area contributed by atoms with Gasteiger partial charge in [0.2, 0.25) is 10.0 Å². The Morgan fingerprint density at radius 2 is 2.19 bits per heavy atom. The highest BCUT2D eigenvalue weighted by molar-refractivity contribution is 7.89. The SMILES string of the molecule is C#CCNS(=O)(=O)c1cccc(C(=O)O)c1. The van der Waals surface area contributed by atoms with Crippen molar-refractivity contribution < 1.29 is 18.3 Å². The number of sulfonamides is 1. The third kappa shape index (κ3) is 2.82. The van der Waals surface area contributed by atoms with Gasteiger partial charge in [-0.1, -0.05) is 12.0 Å². The number of rotatable bonds is 4. The normalized spacial score (nSPS) is 10.7. The Balaban J connectivity index is 3.10. The Labute approximate surface area is 93.2 Å². The number of carboxylic acids is 1. The molecule has 0 aromatic heterocycles. The van der Waals surface area contributed by atoms with Gasteiger partial charge in [0.25, 0.3) is 0 Å². The van der Waals surface area contributed by atoms with Crippen LogP contribution in [0.15, 0.2) is 29.2 Å². The first-order valence-electron chi connectivity index (χ1n) is 4.24. The van der Waals surface area contributed by atoms with E-state index in [2.05, 4.69) is 10.6 Å². The molecule has 0 spiro atoms. The van der Waals surface area contributed by atoms with Crippen LogP contribution in [-0.2, 0) is 10.0 Å². The van der Waals surface area contributed by atoms with Gasteiger partial charge < -0.3 is 5.11 Å². The Hall–Kier alpha value is -1.84. The third-order valence-corrected chi connectivity index (χ3v) is 3.15. The van der Waals surface area contributed by atoms with Crippen LogP contribution in [-0.4, -0.2) is 26.0 Å². The van der Waals surface area contributed by atoms with Gasteiger partial charge in [-0.05, 0) is 18.2 Å². The van der Waals surface area contributed by atoms with E-state index in [0.29, 0.717) is 0 Å². The molecule has 0 saturated carbocycles. The lowest BCUT2D eigenvalue weighted by Crippen LogP contribution is -2.24. The molecule has 0 saturated heterocycles. The van der Waals surface area contributed by atoms with Gasteiger partial charge in [0.1, 0.15) is 0 Å². The summed E-state index contributed by atoms with van der Waals surface area (Å²) in [5.41, 5.74) is -0.0939. The van der Waals surface area contributed by atoms with Gasteiger partial charge in [-0.15, -0.1) is 6.42 Å². The molecular formula is C10H9NO4S. The Morgan fingerprint density at radius 3 is 2.75 bits per heavy atom. The van der Waals surface area contributed by atoms with Crippen LogP contribution in [0.5, 0.6) is 0 Å². The smallest absolute Gasteiger partial charge is 0.335 e. The topological polar surface area (TPSA) is 83.5 Å². The van der Waals surface area contributed by atoms with Gasteiger partial charge in [-0.2, -0.15) is 4.72 Å². The van der Waals surface area contributed by atoms with Crippen LogP contribution in [0, 0.1) is 12.3 Å². The fourth-order valence-electron chi connectivity index (χ4n) is 1.02. The second-order valence-electron chi connectivity index (χ2n) is 2.86. The second-order valence-corrected chi connectivity index (χ2v) is 4.63. The van der Waals surface area contributed by atoms with Crippen molar-refractivity contribution in [2.75, 3.05) is 6.54 Å². The second kappa shape index (κ2) is 4.79. The van der Waals surface area contributed by atoms with E-state index in [0.717, 1.165) is 6.07 Å². The standard InChI is InChI=1S/C10H9NO4S/c1-2-6-11-16(14,15)9-5-3-4-8(7-9)10(12)13/h1,3-5,7,11H,6H2,(H,12,13). The third-order valence-electron chi connectivity index (χ3n) is 1.76. The summed E-state index contributed by atoms with van der Waals surface area (Å²) < 4.78 is 25.3. The minimum Gasteiger partial charge on any atom is -0.478 e. The summed E-state index contributed by atoms with van der Waals surface area (Å²) in [4.78, 5) is 10.5. The van der Waals surface area contributed by atoms with Crippen LogP contribution in [0.2, 0.25) is 0 Å². The van der Waals surface area contributed by atoms with Crippen molar-refractivity contribution in [1.29, 1.82) is 0 Å². The molecule has 0 heterocycles. The first-order valence-corrected chi connectivity index (χ1v) is 5.72. The van der Waals surface area contributed by atoms with Crippen molar-refractivity contribution >= 4 is 16.0 Å². The van der Waals surface area contributed by atoms with Crippen molar-refractivity contribution in [2.24, 2.45) is 0 Å². The molecule has 0 aliphatic rings. The first-order chi connectivity index (χ1) is 7.47. The van der Waals surface area contributed by atoms with Crippen molar-refractivity contribution in [3.05, 3.63) is 29.8 Å². The minimum absolute atomic E-state index is 0.0939. The van der Waals surface area contributed by atoms with E-state index in [4.69, 9.17) is 11.5 Å². The molecule has 84 valence electrons. The molecular weight excluding hydrogens is 230 g/mol. The van der Waals surface area contributed by atoms with Crippen LogP contribution in [0.4, 0.5) is 0 Å². The first kappa shape index (κ1) is 12.2. The predicted octanol–water partition coefficient (Wildman–Crippen LogP) is 0.296. The molecule has 0 aliphatic carbocycles. The fraction of sp³-hybridized carbons (Fsp3) is 0.100. The number of hydrogen-bond acceptors (Lipinski definition) is 3. The molecule has 0 atom stereocenters. The summed E-state index contributed by atoms with van der Waals surface area (Å²) in [7, 11) is -3.73. The number of terminal acetylenes is 1. The number of benzene rings is 1. The lowest BCUT2D eigenvalue weighted by Gasteiger charge is -2.04. The van der Waals surface area contributed by atoms with Crippen molar-refractivity contribution in [3.63, 3.8) is 0 Å². The predicted molar refractivity (Wildman–Crippen MR) is 57.4 cm³/mol. The van der Waals surface area contributed by atoms with E-state index in [9.17, 15) is 13.2 Å². The van der Waals surface area contributed by atoms with Gasteiger partial charge in [-0.3, -0.25) is 0 Å². The summed E-state index contributed by atoms with van der Waals surface area (Å²) >= 11 is 0. The number of aromatic carboxylic acids is 1. The summed E-state index contributed by atoms with van der Waals surface area (Å²) in [5.74, 6) is 0.938. The molecule has 1 aromatic carbocycles. The number of hydrogen-bond donors (Lipinski definition) is 2. The highest BCUT2D eigenvalue weighted by atomic mass is 32.2. The molecule has 1 aromatic rings. The molecule has 0 unspecified atom stereocenters. The van der Waals surface area contributed by atoms with Gasteiger partial charge in [0.15, 0.2) is 0 Å². The number of nitrogens with one attached hydrogen (secondary N) is 1. The van der Waals surface area contributed by atoms with E-state index in [1.54, 1.807) is 0 Å². The Bertz CT molecular complexity index is 542. The summed E-state index contributed by atoms with van der Waals surface area (Å²) in [5, 5.41) is 8.70. The Morgan fingerprint density at radius 1 is 1.50 bits per heavy atom. The highest BCUT2D eigenvalue weighted by Crippen LogP contribution is 2.11. The maximum atomic E-state index is 11.6. The summed E-state index contributed by atoms with van der Waals surface area (Å²) in [6.07, 6.45) is 4.92. The van der Waals surface area contributed by atoms with E-state index >= 15 is 0 Å². The number of carbonyl (C=O) groups is 1. The van der Waals surface area contributed by atoms with E-state index < -0.39 is 16.0 Å². The lowest BCUT2D eigenvalue weighted by molar-refractivity contribution is 0.0696. The Kier molecular flexibility index (Phi) is 3.66. The molecule has 6 heteroatoms. The zero-order valence-electron chi connectivity index (χ0n) is 8.17. The van der Waals surface area contributed by atoms with Crippen LogP contribution in [0.1, 0.15) is 10.4 Å². The van der Waals surface area contributed by atoms with Gasteiger partial charge in [0.05, 0.1) is 17.0 Å². The van der Waals surface area contributed by atoms with Crippen molar-refractivity contribution in [3.8, 4) is 12.3 Å². The maximum absolute atomic E-state index is 11.6. The van der Waals surface area contributed by atoms with Crippen molar-refractivity contribution in [1.82, 2.24) is 4.72 Å². The van der Waals surface area contributed by atoms with Crippen LogP contribution in [0.25, 0.3) is 0 Å². The molecule has 16 heavy (non-hydrogen) atoms. The molecule has 0 fully saturated rings. The van der Waals surface area contributed by atoms with E-state index in [-0.39, 0.29) is 17.0 Å². The zero-order chi connectivity index (χ0) is 12.2. The average molecular weight is 239 g/mol. The molecule has 0 amide bonds. The molecule has 0 aliphatic heterocycles. The largest absolute Gasteiger partial charge is 0.478 e. The van der Waals surface area contributed by atoms with Crippen LogP contribution < -0.4 is 4.72 Å². The summed E-state index contributed by atoms with van der Waals surface area (Å²) in [6.45, 7) is -0.139. The van der Waals surface area contributed by atoms with Crippen LogP contribution >= 0.6 is 0 Å². The fourth-order valence-corrected chi connectivity index (χ4v) is 2.00. The molecule has 0 bridgehead atoms. The van der Waals surface area contributed by atoms with Gasteiger partial charge in [-0.25, -0.2) is 13.2 Å². The zero-order valence-corrected chi connectivity index (χ0v) is 8.99. The van der Waals surface area contributed by atoms with E-state index in [1.807, 2.05) is 0 Å². The van der Waals surface area contributed by atoms with Gasteiger partial charge >= 0.3 is 5.97 Å². The monoisotopic (exact) mass is 239 g/mol. The van der Waals surface area contributed by atoms with Crippen LogP contribution in [0.3, 0.4) is 0 Å². The highest BCUT2D eigenvalue weighted by Gasteiger charge is 2.14. The minimum atomic E-state index is -3.73.